The van der Waals surface area contributed by atoms with Crippen LogP contribution in [0.3, 0.4) is 0 Å². The Morgan fingerprint density at radius 1 is 1.32 bits per heavy atom. The van der Waals surface area contributed by atoms with E-state index >= 15 is 0 Å². The summed E-state index contributed by atoms with van der Waals surface area (Å²) < 4.78 is 5.75. The number of para-hydroxylation sites is 1. The minimum absolute atomic E-state index is 0.533. The highest BCUT2D eigenvalue weighted by Gasteiger charge is 2.26. The van der Waals surface area contributed by atoms with Gasteiger partial charge in [-0.05, 0) is 31.6 Å². The summed E-state index contributed by atoms with van der Waals surface area (Å²) in [5.41, 5.74) is 1.38. The minimum atomic E-state index is 0.533. The van der Waals surface area contributed by atoms with Crippen molar-refractivity contribution in [3.63, 3.8) is 0 Å². The van der Waals surface area contributed by atoms with E-state index in [0.29, 0.717) is 12.0 Å². The zero-order valence-electron chi connectivity index (χ0n) is 11.6. The molecule has 1 aromatic carbocycles. The predicted molar refractivity (Wildman–Crippen MR) is 82.2 cm³/mol. The second-order valence-corrected chi connectivity index (χ2v) is 6.81. The fraction of sp³-hybridized carbons (Fsp3) is 0.625. The van der Waals surface area contributed by atoms with Crippen molar-refractivity contribution in [1.29, 1.82) is 0 Å². The second-order valence-electron chi connectivity index (χ2n) is 5.68. The van der Waals surface area contributed by atoms with Crippen LogP contribution >= 0.6 is 11.8 Å². The molecule has 1 aliphatic carbocycles. The lowest BCUT2D eigenvalue weighted by molar-refractivity contribution is 0.311. The summed E-state index contributed by atoms with van der Waals surface area (Å²) >= 11 is 2.03. The van der Waals surface area contributed by atoms with Crippen molar-refractivity contribution in [2.75, 3.05) is 19.4 Å². The number of rotatable bonds is 4. The number of nitrogens with one attached hydrogen (secondary N) is 1. The van der Waals surface area contributed by atoms with Crippen LogP contribution in [-0.4, -0.2) is 30.7 Å². The van der Waals surface area contributed by atoms with Crippen LogP contribution in [0.1, 0.15) is 37.2 Å². The Morgan fingerprint density at radius 2 is 2.21 bits per heavy atom. The molecule has 3 atom stereocenters. The lowest BCUT2D eigenvalue weighted by Crippen LogP contribution is -2.37. The fourth-order valence-corrected chi connectivity index (χ4v) is 4.08. The van der Waals surface area contributed by atoms with Gasteiger partial charge in [-0.15, -0.1) is 0 Å². The van der Waals surface area contributed by atoms with E-state index in [0.717, 1.165) is 24.2 Å². The molecule has 3 rings (SSSR count). The molecule has 19 heavy (non-hydrogen) atoms. The largest absolute Gasteiger partial charge is 0.493 e. The van der Waals surface area contributed by atoms with Crippen molar-refractivity contribution < 1.29 is 4.74 Å². The van der Waals surface area contributed by atoms with Crippen LogP contribution in [0.5, 0.6) is 5.75 Å². The van der Waals surface area contributed by atoms with E-state index in [-0.39, 0.29) is 0 Å². The Hall–Kier alpha value is -0.670. The number of ether oxygens (including phenoxy) is 1. The summed E-state index contributed by atoms with van der Waals surface area (Å²) in [4.78, 5) is 0. The van der Waals surface area contributed by atoms with Crippen molar-refractivity contribution in [2.24, 2.45) is 0 Å². The van der Waals surface area contributed by atoms with E-state index in [9.17, 15) is 0 Å². The number of hydrogen-bond donors (Lipinski definition) is 1. The first-order chi connectivity index (χ1) is 9.36. The lowest BCUT2D eigenvalue weighted by atomic mass is 9.94. The predicted octanol–water partition coefficient (Wildman–Crippen LogP) is 3.43. The van der Waals surface area contributed by atoms with Gasteiger partial charge in [0.15, 0.2) is 0 Å². The van der Waals surface area contributed by atoms with Gasteiger partial charge in [-0.1, -0.05) is 24.6 Å². The Morgan fingerprint density at radius 3 is 3.11 bits per heavy atom. The molecule has 1 fully saturated rings. The van der Waals surface area contributed by atoms with Gasteiger partial charge in [0.05, 0.1) is 6.61 Å². The van der Waals surface area contributed by atoms with E-state index in [1.165, 1.54) is 31.2 Å². The molecule has 0 spiro atoms. The van der Waals surface area contributed by atoms with Crippen LogP contribution in [0, 0.1) is 0 Å². The van der Waals surface area contributed by atoms with E-state index in [1.54, 1.807) is 0 Å². The topological polar surface area (TPSA) is 21.3 Å². The summed E-state index contributed by atoms with van der Waals surface area (Å²) in [5.74, 6) is 1.62. The molecule has 104 valence electrons. The molecular weight excluding hydrogens is 254 g/mol. The molecule has 0 aromatic heterocycles. The third-order valence-electron chi connectivity index (χ3n) is 4.41. The molecule has 0 saturated heterocycles. The zero-order chi connectivity index (χ0) is 13.1. The summed E-state index contributed by atoms with van der Waals surface area (Å²) in [6.45, 7) is 1.90. The standard InChI is InChI=1S/C16H23NOS/c1-19-14-6-4-5-13(9-14)17-10-12-11-18-16-8-3-2-7-15(12)16/h2-3,7-8,12-14,17H,4-6,9-11H2,1H3. The van der Waals surface area contributed by atoms with Crippen LogP contribution in [-0.2, 0) is 0 Å². The Bertz CT molecular complexity index is 423. The van der Waals surface area contributed by atoms with Crippen molar-refractivity contribution in [2.45, 2.75) is 42.9 Å². The van der Waals surface area contributed by atoms with Gasteiger partial charge < -0.3 is 10.1 Å². The molecule has 0 amide bonds. The molecule has 1 heterocycles. The average molecular weight is 277 g/mol. The first-order valence-corrected chi connectivity index (χ1v) is 8.63. The fourth-order valence-electron chi connectivity index (χ4n) is 3.25. The molecule has 3 unspecified atom stereocenters. The van der Waals surface area contributed by atoms with E-state index in [4.69, 9.17) is 4.74 Å². The molecule has 1 aromatic rings. The van der Waals surface area contributed by atoms with Gasteiger partial charge in [0.25, 0.3) is 0 Å². The average Bonchev–Trinajstić information content (AvgIpc) is 2.89. The number of benzene rings is 1. The van der Waals surface area contributed by atoms with E-state index < -0.39 is 0 Å². The Kier molecular flexibility index (Phi) is 4.34. The molecule has 0 radical (unpaired) electrons. The normalized spacial score (nSPS) is 29.8. The van der Waals surface area contributed by atoms with Crippen LogP contribution in [0.15, 0.2) is 24.3 Å². The SMILES string of the molecule is CSC1CCCC(NCC2COc3ccccc32)C1. The number of thioether (sulfide) groups is 1. The highest BCUT2D eigenvalue weighted by Crippen LogP contribution is 2.33. The van der Waals surface area contributed by atoms with Crippen LogP contribution in [0.2, 0.25) is 0 Å². The highest BCUT2D eigenvalue weighted by molar-refractivity contribution is 7.99. The third-order valence-corrected chi connectivity index (χ3v) is 5.51. The van der Waals surface area contributed by atoms with Crippen molar-refractivity contribution in [1.82, 2.24) is 5.32 Å². The van der Waals surface area contributed by atoms with Gasteiger partial charge in [0, 0.05) is 29.3 Å². The first-order valence-electron chi connectivity index (χ1n) is 7.34. The number of hydrogen-bond acceptors (Lipinski definition) is 3. The smallest absolute Gasteiger partial charge is 0.122 e. The summed E-state index contributed by atoms with van der Waals surface area (Å²) in [6, 6.07) is 9.17. The molecule has 1 saturated carbocycles. The van der Waals surface area contributed by atoms with Crippen molar-refractivity contribution in [3.05, 3.63) is 29.8 Å². The molecule has 3 heteroatoms. The summed E-state index contributed by atoms with van der Waals surface area (Å²) in [6.07, 6.45) is 7.69. The van der Waals surface area contributed by atoms with Crippen LogP contribution in [0.25, 0.3) is 0 Å². The quantitative estimate of drug-likeness (QED) is 0.911. The van der Waals surface area contributed by atoms with Crippen LogP contribution < -0.4 is 10.1 Å². The molecular formula is C16H23NOS. The van der Waals surface area contributed by atoms with Gasteiger partial charge in [0.2, 0.25) is 0 Å². The Balaban J connectivity index is 1.53. The molecule has 1 N–H and O–H groups in total. The number of fused-ring (bicyclic) bond motifs is 1. The van der Waals surface area contributed by atoms with Crippen molar-refractivity contribution >= 4 is 11.8 Å². The maximum absolute atomic E-state index is 5.75. The van der Waals surface area contributed by atoms with Gasteiger partial charge in [-0.3, -0.25) is 0 Å². The van der Waals surface area contributed by atoms with Gasteiger partial charge in [-0.2, -0.15) is 11.8 Å². The zero-order valence-corrected chi connectivity index (χ0v) is 12.4. The van der Waals surface area contributed by atoms with Gasteiger partial charge in [-0.25, -0.2) is 0 Å². The summed E-state index contributed by atoms with van der Waals surface area (Å²) in [5, 5.41) is 4.63. The molecule has 1 aliphatic heterocycles. The Labute approximate surface area is 120 Å². The van der Waals surface area contributed by atoms with Gasteiger partial charge in [0.1, 0.15) is 5.75 Å². The molecule has 2 aliphatic rings. The second kappa shape index (κ2) is 6.19. The highest BCUT2D eigenvalue weighted by atomic mass is 32.2. The molecule has 2 nitrogen and oxygen atoms in total. The van der Waals surface area contributed by atoms with E-state index in [2.05, 4.69) is 35.8 Å². The summed E-state index contributed by atoms with van der Waals surface area (Å²) in [7, 11) is 0. The lowest BCUT2D eigenvalue weighted by Gasteiger charge is -2.29. The van der Waals surface area contributed by atoms with Gasteiger partial charge >= 0.3 is 0 Å². The maximum atomic E-state index is 5.75. The van der Waals surface area contributed by atoms with Crippen LogP contribution in [0.4, 0.5) is 0 Å². The molecule has 0 bridgehead atoms. The minimum Gasteiger partial charge on any atom is -0.493 e. The monoisotopic (exact) mass is 277 g/mol. The first kappa shape index (κ1) is 13.3. The maximum Gasteiger partial charge on any atom is 0.122 e. The third kappa shape index (κ3) is 3.09. The van der Waals surface area contributed by atoms with Crippen molar-refractivity contribution in [3.8, 4) is 5.75 Å². The van der Waals surface area contributed by atoms with E-state index in [1.807, 2.05) is 11.8 Å².